The molecular formula is C22H34ClN3O4S. The summed E-state index contributed by atoms with van der Waals surface area (Å²) in [6.07, 6.45) is 8.94. The molecule has 2 N–H and O–H groups in total. The molecule has 1 heterocycles. The Morgan fingerprint density at radius 2 is 1.97 bits per heavy atom. The Morgan fingerprint density at radius 3 is 2.68 bits per heavy atom. The number of amides is 1. The Bertz CT molecular complexity index is 837. The van der Waals surface area contributed by atoms with E-state index in [1.165, 1.54) is 44.2 Å². The van der Waals surface area contributed by atoms with E-state index in [1.807, 2.05) is 0 Å². The van der Waals surface area contributed by atoms with Gasteiger partial charge in [0.05, 0.1) is 11.1 Å². The summed E-state index contributed by atoms with van der Waals surface area (Å²) in [6, 6.07) is 4.98. The molecular weight excluding hydrogens is 438 g/mol. The Balaban J connectivity index is 1.50. The minimum atomic E-state index is -3.83. The van der Waals surface area contributed by atoms with Gasteiger partial charge in [-0.3, -0.25) is 4.79 Å². The third-order valence-electron chi connectivity index (χ3n) is 6.18. The molecule has 0 bridgehead atoms. The predicted molar refractivity (Wildman–Crippen MR) is 122 cm³/mol. The molecule has 0 radical (unpaired) electrons. The van der Waals surface area contributed by atoms with Gasteiger partial charge in [0.2, 0.25) is 10.0 Å². The van der Waals surface area contributed by atoms with Crippen molar-refractivity contribution in [3.8, 4) is 0 Å². The van der Waals surface area contributed by atoms with Gasteiger partial charge in [0.1, 0.15) is 4.90 Å². The van der Waals surface area contributed by atoms with Crippen molar-refractivity contribution in [2.45, 2.75) is 68.4 Å². The summed E-state index contributed by atoms with van der Waals surface area (Å²) in [5, 5.41) is 2.98. The van der Waals surface area contributed by atoms with Gasteiger partial charge < -0.3 is 15.0 Å². The highest BCUT2D eigenvalue weighted by Gasteiger charge is 2.23. The lowest BCUT2D eigenvalue weighted by atomic mass is 9.94. The number of ether oxygens (including phenoxy) is 1. The van der Waals surface area contributed by atoms with E-state index in [1.54, 1.807) is 6.07 Å². The van der Waals surface area contributed by atoms with Crippen LogP contribution in [0, 0.1) is 0 Å². The molecule has 2 fully saturated rings. The predicted octanol–water partition coefficient (Wildman–Crippen LogP) is 3.18. The molecule has 1 aliphatic heterocycles. The second-order valence-electron chi connectivity index (χ2n) is 8.51. The average Bonchev–Trinajstić information content (AvgIpc) is 3.29. The molecule has 9 heteroatoms. The Labute approximate surface area is 190 Å². The van der Waals surface area contributed by atoms with E-state index < -0.39 is 10.0 Å². The maximum absolute atomic E-state index is 12.7. The fourth-order valence-corrected chi connectivity index (χ4v) is 5.86. The Morgan fingerprint density at radius 1 is 1.19 bits per heavy atom. The van der Waals surface area contributed by atoms with Crippen LogP contribution in [0.15, 0.2) is 23.1 Å². The molecule has 1 saturated carbocycles. The van der Waals surface area contributed by atoms with Crippen LogP contribution in [-0.2, 0) is 14.8 Å². The highest BCUT2D eigenvalue weighted by Crippen LogP contribution is 2.24. The van der Waals surface area contributed by atoms with Crippen molar-refractivity contribution in [2.75, 3.05) is 33.3 Å². The fourth-order valence-electron chi connectivity index (χ4n) is 4.27. The van der Waals surface area contributed by atoms with Gasteiger partial charge in [-0.25, -0.2) is 13.1 Å². The molecule has 2 aliphatic rings. The SMILES string of the molecule is CN(CCCNC(=O)c1ccc(Cl)c(S(=O)(=O)NCC2CCCO2)c1)C1CCCCC1. The number of nitrogens with zero attached hydrogens (tertiary/aromatic N) is 1. The average molecular weight is 472 g/mol. The standard InChI is InChI=1S/C22H34ClN3O4S/c1-26(18-7-3-2-4-8-18)13-6-12-24-22(27)17-10-11-20(23)21(15-17)31(28,29)25-16-19-9-5-14-30-19/h10-11,15,18-19,25H,2-9,12-14,16H2,1H3,(H,24,27). The number of halogens is 1. The smallest absolute Gasteiger partial charge is 0.251 e. The van der Waals surface area contributed by atoms with Crippen molar-refractivity contribution in [1.29, 1.82) is 0 Å². The second kappa shape index (κ2) is 11.6. The normalized spacial score (nSPS) is 20.3. The van der Waals surface area contributed by atoms with Crippen molar-refractivity contribution < 1.29 is 17.9 Å². The molecule has 1 aromatic rings. The number of benzene rings is 1. The van der Waals surface area contributed by atoms with Crippen molar-refractivity contribution in [1.82, 2.24) is 14.9 Å². The van der Waals surface area contributed by atoms with E-state index in [-0.39, 0.29) is 34.0 Å². The van der Waals surface area contributed by atoms with E-state index in [0.717, 1.165) is 25.8 Å². The molecule has 1 aromatic carbocycles. The molecule has 31 heavy (non-hydrogen) atoms. The third-order valence-corrected chi connectivity index (χ3v) is 8.08. The number of rotatable bonds is 10. The van der Waals surface area contributed by atoms with Crippen LogP contribution in [-0.4, -0.2) is 64.7 Å². The van der Waals surface area contributed by atoms with Crippen molar-refractivity contribution in [2.24, 2.45) is 0 Å². The summed E-state index contributed by atoms with van der Waals surface area (Å²) >= 11 is 6.13. The van der Waals surface area contributed by atoms with Gasteiger partial charge in [-0.1, -0.05) is 30.9 Å². The summed E-state index contributed by atoms with van der Waals surface area (Å²) in [7, 11) is -1.68. The van der Waals surface area contributed by atoms with E-state index in [9.17, 15) is 13.2 Å². The molecule has 3 rings (SSSR count). The van der Waals surface area contributed by atoms with Crippen LogP contribution >= 0.6 is 11.6 Å². The summed E-state index contributed by atoms with van der Waals surface area (Å²) < 4.78 is 33.4. The van der Waals surface area contributed by atoms with Crippen molar-refractivity contribution in [3.63, 3.8) is 0 Å². The van der Waals surface area contributed by atoms with E-state index >= 15 is 0 Å². The molecule has 1 amide bonds. The second-order valence-corrected chi connectivity index (χ2v) is 10.7. The molecule has 1 saturated heterocycles. The third kappa shape index (κ3) is 7.15. The highest BCUT2D eigenvalue weighted by atomic mass is 35.5. The number of hydrogen-bond donors (Lipinski definition) is 2. The fraction of sp³-hybridized carbons (Fsp3) is 0.682. The van der Waals surface area contributed by atoms with Gasteiger partial charge in [0.25, 0.3) is 5.91 Å². The van der Waals surface area contributed by atoms with Crippen LogP contribution in [0.5, 0.6) is 0 Å². The highest BCUT2D eigenvalue weighted by molar-refractivity contribution is 7.89. The van der Waals surface area contributed by atoms with E-state index in [4.69, 9.17) is 16.3 Å². The number of sulfonamides is 1. The first-order chi connectivity index (χ1) is 14.9. The van der Waals surface area contributed by atoms with Crippen LogP contribution in [0.25, 0.3) is 0 Å². The van der Waals surface area contributed by atoms with Crippen LogP contribution in [0.3, 0.4) is 0 Å². The zero-order valence-corrected chi connectivity index (χ0v) is 19.8. The number of carbonyl (C=O) groups is 1. The molecule has 174 valence electrons. The summed E-state index contributed by atoms with van der Waals surface area (Å²) in [5.74, 6) is -0.299. The first-order valence-corrected chi connectivity index (χ1v) is 13.1. The Kier molecular flexibility index (Phi) is 9.16. The van der Waals surface area contributed by atoms with Crippen LogP contribution in [0.4, 0.5) is 0 Å². The van der Waals surface area contributed by atoms with Gasteiger partial charge in [0.15, 0.2) is 0 Å². The summed E-state index contributed by atoms with van der Waals surface area (Å²) in [5.41, 5.74) is 0.280. The van der Waals surface area contributed by atoms with E-state index in [0.29, 0.717) is 19.2 Å². The van der Waals surface area contributed by atoms with Crippen molar-refractivity contribution in [3.05, 3.63) is 28.8 Å². The zero-order valence-electron chi connectivity index (χ0n) is 18.2. The molecule has 1 aliphatic carbocycles. The number of carbonyl (C=O) groups excluding carboxylic acids is 1. The lowest BCUT2D eigenvalue weighted by molar-refractivity contribution is 0.0950. The quantitative estimate of drug-likeness (QED) is 0.512. The number of nitrogens with one attached hydrogen (secondary N) is 2. The van der Waals surface area contributed by atoms with E-state index in [2.05, 4.69) is 22.0 Å². The maximum atomic E-state index is 12.7. The van der Waals surface area contributed by atoms with Crippen LogP contribution < -0.4 is 10.0 Å². The van der Waals surface area contributed by atoms with Gasteiger partial charge in [-0.15, -0.1) is 0 Å². The zero-order chi connectivity index (χ0) is 22.3. The topological polar surface area (TPSA) is 87.7 Å². The molecule has 1 atom stereocenters. The Hall–Kier alpha value is -1.19. The van der Waals surface area contributed by atoms with Gasteiger partial charge in [-0.05, 0) is 63.9 Å². The van der Waals surface area contributed by atoms with Gasteiger partial charge in [0, 0.05) is 31.3 Å². The number of hydrogen-bond acceptors (Lipinski definition) is 5. The largest absolute Gasteiger partial charge is 0.377 e. The maximum Gasteiger partial charge on any atom is 0.251 e. The minimum Gasteiger partial charge on any atom is -0.377 e. The first-order valence-electron chi connectivity index (χ1n) is 11.3. The van der Waals surface area contributed by atoms with Gasteiger partial charge >= 0.3 is 0 Å². The minimum absolute atomic E-state index is 0.0863. The van der Waals surface area contributed by atoms with Gasteiger partial charge in [-0.2, -0.15) is 0 Å². The first kappa shape index (κ1) is 24.5. The van der Waals surface area contributed by atoms with Crippen LogP contribution in [0.1, 0.15) is 61.7 Å². The summed E-state index contributed by atoms with van der Waals surface area (Å²) in [4.78, 5) is 14.8. The molecule has 7 nitrogen and oxygen atoms in total. The lowest BCUT2D eigenvalue weighted by Crippen LogP contribution is -2.36. The molecule has 0 spiro atoms. The summed E-state index contributed by atoms with van der Waals surface area (Å²) in [6.45, 7) is 2.32. The van der Waals surface area contributed by atoms with Crippen molar-refractivity contribution >= 4 is 27.5 Å². The molecule has 1 unspecified atom stereocenters. The molecule has 0 aromatic heterocycles. The van der Waals surface area contributed by atoms with Crippen LogP contribution in [0.2, 0.25) is 5.02 Å². The monoisotopic (exact) mass is 471 g/mol. The lowest BCUT2D eigenvalue weighted by Gasteiger charge is -2.31.